The number of alkyl halides is 2. The van der Waals surface area contributed by atoms with Crippen LogP contribution in [-0.4, -0.2) is 70.0 Å². The molecule has 0 saturated heterocycles. The zero-order valence-electron chi connectivity index (χ0n) is 21.6. The second kappa shape index (κ2) is 11.4. The smallest absolute Gasteiger partial charge is 0.154 e. The second-order valence-corrected chi connectivity index (χ2v) is 10.0. The molecule has 0 saturated carbocycles. The number of rotatable bonds is 10. The molecule has 4 aromatic rings. The Labute approximate surface area is 227 Å². The van der Waals surface area contributed by atoms with Crippen molar-refractivity contribution in [3.05, 3.63) is 71.3 Å². The van der Waals surface area contributed by atoms with Crippen molar-refractivity contribution in [2.75, 3.05) is 67.7 Å². The van der Waals surface area contributed by atoms with E-state index in [2.05, 4.69) is 4.90 Å². The van der Waals surface area contributed by atoms with E-state index in [0.717, 1.165) is 45.2 Å². The molecule has 192 valence electrons. The van der Waals surface area contributed by atoms with Crippen LogP contribution in [-0.2, 0) is 0 Å². The van der Waals surface area contributed by atoms with Crippen molar-refractivity contribution in [3.8, 4) is 0 Å². The van der Waals surface area contributed by atoms with Gasteiger partial charge in [0, 0.05) is 92.0 Å². The van der Waals surface area contributed by atoms with E-state index in [9.17, 15) is 10.2 Å². The molecule has 0 aliphatic rings. The van der Waals surface area contributed by atoms with Gasteiger partial charge in [0.2, 0.25) is 0 Å². The summed E-state index contributed by atoms with van der Waals surface area (Å²) in [5, 5.41) is 11.0. The Bertz CT molecular complexity index is 1440. The highest BCUT2D eigenvalue weighted by Gasteiger charge is 2.19. The number of aromatic nitrogens is 1. The van der Waals surface area contributed by atoms with E-state index in [0.29, 0.717) is 47.2 Å². The van der Waals surface area contributed by atoms with Gasteiger partial charge in [0.15, 0.2) is 6.29 Å². The topological polar surface area (TPSA) is 63.5 Å². The molecule has 1 aromatic heterocycles. The van der Waals surface area contributed by atoms with E-state index >= 15 is 0 Å². The number of anilines is 3. The summed E-state index contributed by atoms with van der Waals surface area (Å²) >= 11 is 12.0. The summed E-state index contributed by atoms with van der Waals surface area (Å²) in [4.78, 5) is 23.2. The standard InChI is InChI=1S/C29H31Cl2N5O/c1-34(2)24-11-7-20-17-21-8-12-25(35(3)4)26(29(21)33-28(20)23(24)18-37)27(32)19-5-9-22(10-6-19)36(15-13-30)16-14-31/h5-12,17-18,32H,13-16H2,1-4H3. The fourth-order valence-electron chi connectivity index (χ4n) is 4.65. The van der Waals surface area contributed by atoms with Crippen LogP contribution in [0, 0.1) is 5.41 Å². The molecule has 0 aliphatic heterocycles. The average molecular weight is 537 g/mol. The molecule has 1 heterocycles. The number of pyridine rings is 1. The van der Waals surface area contributed by atoms with Gasteiger partial charge < -0.3 is 14.7 Å². The first kappa shape index (κ1) is 26.7. The Morgan fingerprint density at radius 2 is 1.41 bits per heavy atom. The van der Waals surface area contributed by atoms with Crippen LogP contribution in [0.1, 0.15) is 21.5 Å². The van der Waals surface area contributed by atoms with Gasteiger partial charge in [0.25, 0.3) is 0 Å². The molecule has 0 fully saturated rings. The lowest BCUT2D eigenvalue weighted by Crippen LogP contribution is -2.27. The second-order valence-electron chi connectivity index (χ2n) is 9.28. The molecule has 3 aromatic carbocycles. The Balaban J connectivity index is 1.90. The highest BCUT2D eigenvalue weighted by Crippen LogP contribution is 2.34. The van der Waals surface area contributed by atoms with Gasteiger partial charge in [0.05, 0.1) is 22.3 Å². The molecule has 0 aliphatic carbocycles. The minimum absolute atomic E-state index is 0.366. The number of hydrogen-bond acceptors (Lipinski definition) is 6. The van der Waals surface area contributed by atoms with Gasteiger partial charge in [-0.2, -0.15) is 0 Å². The van der Waals surface area contributed by atoms with Gasteiger partial charge in [-0.25, -0.2) is 4.98 Å². The SMILES string of the molecule is CN(C)c1ccc2cc3ccc(N(C)C)c(C(=N)c4ccc(N(CCCl)CCCl)cc4)c3nc2c1C=O. The third-order valence-corrected chi connectivity index (χ3v) is 6.85. The fraction of sp³-hybridized carbons (Fsp3) is 0.276. The first-order valence-electron chi connectivity index (χ1n) is 12.1. The monoisotopic (exact) mass is 535 g/mol. The lowest BCUT2D eigenvalue weighted by molar-refractivity contribution is 0.112. The third kappa shape index (κ3) is 5.22. The van der Waals surface area contributed by atoms with Crippen LogP contribution in [0.5, 0.6) is 0 Å². The van der Waals surface area contributed by atoms with Crippen molar-refractivity contribution in [3.63, 3.8) is 0 Å². The number of fused-ring (bicyclic) bond motifs is 2. The molecule has 0 spiro atoms. The van der Waals surface area contributed by atoms with Gasteiger partial charge in [-0.15, -0.1) is 23.2 Å². The molecule has 0 unspecified atom stereocenters. The van der Waals surface area contributed by atoms with Crippen LogP contribution in [0.4, 0.5) is 17.1 Å². The molecular weight excluding hydrogens is 505 g/mol. The minimum Gasteiger partial charge on any atom is -0.377 e. The number of hydrogen-bond donors (Lipinski definition) is 1. The molecule has 0 bridgehead atoms. The van der Waals surface area contributed by atoms with Crippen LogP contribution in [0.3, 0.4) is 0 Å². The van der Waals surface area contributed by atoms with E-state index in [1.165, 1.54) is 0 Å². The molecule has 0 radical (unpaired) electrons. The van der Waals surface area contributed by atoms with Gasteiger partial charge in [0.1, 0.15) is 0 Å². The van der Waals surface area contributed by atoms with Crippen molar-refractivity contribution in [1.29, 1.82) is 5.41 Å². The highest BCUT2D eigenvalue weighted by atomic mass is 35.5. The van der Waals surface area contributed by atoms with Crippen molar-refractivity contribution < 1.29 is 4.79 Å². The largest absolute Gasteiger partial charge is 0.377 e. The zero-order valence-corrected chi connectivity index (χ0v) is 23.1. The summed E-state index contributed by atoms with van der Waals surface area (Å²) in [5.74, 6) is 1.02. The maximum atomic E-state index is 12.1. The number of aldehydes is 1. The summed E-state index contributed by atoms with van der Waals surface area (Å²) in [6, 6.07) is 17.9. The normalized spacial score (nSPS) is 11.1. The van der Waals surface area contributed by atoms with Crippen molar-refractivity contribution in [2.45, 2.75) is 0 Å². The lowest BCUT2D eigenvalue weighted by Gasteiger charge is -2.23. The van der Waals surface area contributed by atoms with E-state index in [-0.39, 0.29) is 0 Å². The van der Waals surface area contributed by atoms with Gasteiger partial charge in [-0.05, 0) is 30.3 Å². The zero-order chi connectivity index (χ0) is 26.7. The van der Waals surface area contributed by atoms with Crippen molar-refractivity contribution in [1.82, 2.24) is 4.98 Å². The van der Waals surface area contributed by atoms with Crippen LogP contribution < -0.4 is 14.7 Å². The summed E-state index contributed by atoms with van der Waals surface area (Å²) in [6.07, 6.45) is 0.865. The van der Waals surface area contributed by atoms with E-state index in [4.69, 9.17) is 28.2 Å². The van der Waals surface area contributed by atoms with Gasteiger partial charge in [-0.1, -0.05) is 24.3 Å². The molecule has 37 heavy (non-hydrogen) atoms. The number of nitrogens with one attached hydrogen (secondary N) is 1. The van der Waals surface area contributed by atoms with Crippen molar-refractivity contribution >= 4 is 74.1 Å². The van der Waals surface area contributed by atoms with Gasteiger partial charge >= 0.3 is 0 Å². The summed E-state index contributed by atoms with van der Waals surface area (Å²) < 4.78 is 0. The minimum atomic E-state index is 0.366. The Morgan fingerprint density at radius 1 is 0.838 bits per heavy atom. The molecular formula is C29H31Cl2N5O. The Kier molecular flexibility index (Phi) is 8.20. The summed E-state index contributed by atoms with van der Waals surface area (Å²) in [6.45, 7) is 1.40. The number of nitrogens with zero attached hydrogens (tertiary/aromatic N) is 4. The maximum Gasteiger partial charge on any atom is 0.154 e. The first-order chi connectivity index (χ1) is 17.8. The molecule has 0 atom stereocenters. The number of carbonyl (C=O) groups is 1. The molecule has 4 rings (SSSR count). The van der Waals surface area contributed by atoms with E-state index in [1.807, 2.05) is 92.6 Å². The van der Waals surface area contributed by atoms with Crippen LogP contribution in [0.15, 0.2) is 54.6 Å². The van der Waals surface area contributed by atoms with E-state index in [1.54, 1.807) is 0 Å². The molecule has 1 N–H and O–H groups in total. The number of halogens is 2. The predicted molar refractivity (Wildman–Crippen MR) is 159 cm³/mol. The Morgan fingerprint density at radius 3 is 1.95 bits per heavy atom. The maximum absolute atomic E-state index is 12.1. The molecule has 0 amide bonds. The Hall–Kier alpha value is -3.35. The molecule has 8 heteroatoms. The summed E-state index contributed by atoms with van der Waals surface area (Å²) in [5.41, 5.74) is 6.44. The van der Waals surface area contributed by atoms with Crippen LogP contribution in [0.2, 0.25) is 0 Å². The van der Waals surface area contributed by atoms with Gasteiger partial charge in [-0.3, -0.25) is 10.2 Å². The number of benzene rings is 3. The van der Waals surface area contributed by atoms with Crippen LogP contribution in [0.25, 0.3) is 21.8 Å². The highest BCUT2D eigenvalue weighted by molar-refractivity contribution is 6.22. The third-order valence-electron chi connectivity index (χ3n) is 6.51. The number of carbonyl (C=O) groups excluding carboxylic acids is 1. The first-order valence-corrected chi connectivity index (χ1v) is 13.1. The lowest BCUT2D eigenvalue weighted by atomic mass is 9.95. The quantitative estimate of drug-likeness (QED) is 0.116. The predicted octanol–water partition coefficient (Wildman–Crippen LogP) is 6.03. The molecule has 6 nitrogen and oxygen atoms in total. The van der Waals surface area contributed by atoms with Crippen LogP contribution >= 0.6 is 23.2 Å². The fourth-order valence-corrected chi connectivity index (χ4v) is 5.06. The summed E-state index contributed by atoms with van der Waals surface area (Å²) in [7, 11) is 7.73. The van der Waals surface area contributed by atoms with E-state index < -0.39 is 0 Å². The van der Waals surface area contributed by atoms with Crippen molar-refractivity contribution in [2.24, 2.45) is 0 Å². The average Bonchev–Trinajstić information content (AvgIpc) is 2.90.